The van der Waals surface area contributed by atoms with Crippen molar-refractivity contribution in [3.05, 3.63) is 63.9 Å². The van der Waals surface area contributed by atoms with Crippen molar-refractivity contribution in [2.45, 2.75) is 44.6 Å². The number of amides is 1. The first-order chi connectivity index (χ1) is 15.1. The van der Waals surface area contributed by atoms with Gasteiger partial charge >= 0.3 is 0 Å². The number of aromatic nitrogens is 3. The van der Waals surface area contributed by atoms with Crippen LogP contribution in [0.3, 0.4) is 0 Å². The van der Waals surface area contributed by atoms with E-state index >= 15 is 0 Å². The number of halogens is 2. The molecule has 1 unspecified atom stereocenters. The molecule has 3 aromatic rings. The Labute approximate surface area is 202 Å². The molecule has 1 heterocycles. The van der Waals surface area contributed by atoms with Gasteiger partial charge in [0.25, 0.3) is 0 Å². The lowest BCUT2D eigenvalue weighted by Gasteiger charge is -2.22. The van der Waals surface area contributed by atoms with E-state index in [1.807, 2.05) is 56.5 Å². The first-order valence-corrected chi connectivity index (χ1v) is 11.8. The Bertz CT molecular complexity index is 1110. The third kappa shape index (κ3) is 5.77. The Hall–Kier alpha value is -2.22. The molecule has 0 saturated carbocycles. The van der Waals surface area contributed by atoms with E-state index in [-0.39, 0.29) is 5.91 Å². The molecular formula is C23H26Cl2N4O2S. The molecule has 0 spiro atoms. The normalized spacial score (nSPS) is 12.5. The number of thioether (sulfide) groups is 1. The maximum absolute atomic E-state index is 12.6. The molecular weight excluding hydrogens is 467 g/mol. The largest absolute Gasteiger partial charge is 0.497 e. The number of nitrogens with zero attached hydrogens (tertiary/aromatic N) is 3. The van der Waals surface area contributed by atoms with Crippen LogP contribution < -0.4 is 10.1 Å². The van der Waals surface area contributed by atoms with Crippen LogP contribution in [0.1, 0.15) is 45.1 Å². The minimum absolute atomic E-state index is 0.0812. The van der Waals surface area contributed by atoms with Gasteiger partial charge in [-0.05, 0) is 42.8 Å². The van der Waals surface area contributed by atoms with Crippen molar-refractivity contribution in [3.8, 4) is 11.4 Å². The van der Waals surface area contributed by atoms with E-state index in [9.17, 15) is 4.79 Å². The number of rotatable bonds is 7. The van der Waals surface area contributed by atoms with E-state index in [0.717, 1.165) is 11.3 Å². The molecule has 1 aromatic heterocycles. The Morgan fingerprint density at radius 1 is 1.19 bits per heavy atom. The maximum atomic E-state index is 12.6. The second-order valence-corrected chi connectivity index (χ2v) is 10.1. The van der Waals surface area contributed by atoms with Crippen molar-refractivity contribution < 1.29 is 9.53 Å². The third-order valence-corrected chi connectivity index (χ3v) is 6.28. The van der Waals surface area contributed by atoms with Crippen molar-refractivity contribution >= 4 is 40.9 Å². The smallest absolute Gasteiger partial charge is 0.225 e. The summed E-state index contributed by atoms with van der Waals surface area (Å²) in [6.07, 6.45) is 0. The zero-order valence-electron chi connectivity index (χ0n) is 18.6. The fourth-order valence-corrected chi connectivity index (χ4v) is 4.19. The van der Waals surface area contributed by atoms with Gasteiger partial charge in [-0.2, -0.15) is 0 Å². The number of methoxy groups -OCH3 is 1. The van der Waals surface area contributed by atoms with Gasteiger partial charge in [0.05, 0.1) is 23.9 Å². The predicted molar refractivity (Wildman–Crippen MR) is 130 cm³/mol. The molecule has 170 valence electrons. The summed E-state index contributed by atoms with van der Waals surface area (Å²) in [5, 5.41) is 13.5. The molecule has 0 radical (unpaired) electrons. The van der Waals surface area contributed by atoms with Gasteiger partial charge in [0, 0.05) is 16.2 Å². The number of nitrogens with one attached hydrogen (secondary N) is 1. The number of hydrogen-bond donors (Lipinski definition) is 1. The molecule has 0 bridgehead atoms. The van der Waals surface area contributed by atoms with Crippen LogP contribution in [-0.4, -0.2) is 27.8 Å². The first kappa shape index (κ1) is 24.4. The fourth-order valence-electron chi connectivity index (χ4n) is 2.93. The summed E-state index contributed by atoms with van der Waals surface area (Å²) in [4.78, 5) is 12.6. The Morgan fingerprint density at radius 3 is 2.62 bits per heavy atom. The number of ether oxygens (including phenoxy) is 1. The van der Waals surface area contributed by atoms with E-state index in [4.69, 9.17) is 27.9 Å². The number of carbonyl (C=O) groups is 1. The minimum atomic E-state index is -0.531. The molecule has 9 heteroatoms. The van der Waals surface area contributed by atoms with Crippen LogP contribution >= 0.6 is 35.0 Å². The van der Waals surface area contributed by atoms with E-state index in [0.29, 0.717) is 32.5 Å². The van der Waals surface area contributed by atoms with E-state index in [1.54, 1.807) is 25.3 Å². The van der Waals surface area contributed by atoms with Crippen LogP contribution in [0.25, 0.3) is 5.69 Å². The van der Waals surface area contributed by atoms with Gasteiger partial charge in [-0.15, -0.1) is 10.2 Å². The first-order valence-electron chi connectivity index (χ1n) is 10.1. The van der Waals surface area contributed by atoms with Crippen LogP contribution in [0.15, 0.2) is 47.6 Å². The van der Waals surface area contributed by atoms with Crippen molar-refractivity contribution in [1.82, 2.24) is 20.1 Å². The van der Waals surface area contributed by atoms with Crippen molar-refractivity contribution in [1.29, 1.82) is 0 Å². The zero-order chi connectivity index (χ0) is 23.5. The summed E-state index contributed by atoms with van der Waals surface area (Å²) >= 11 is 14.3. The lowest BCUT2D eigenvalue weighted by molar-refractivity contribution is -0.129. The Kier molecular flexibility index (Phi) is 7.75. The highest BCUT2D eigenvalue weighted by Gasteiger charge is 2.27. The molecule has 2 aromatic carbocycles. The number of benzene rings is 2. The summed E-state index contributed by atoms with van der Waals surface area (Å²) in [7, 11) is 1.64. The maximum Gasteiger partial charge on any atom is 0.225 e. The fraction of sp³-hybridized carbons (Fsp3) is 0.348. The monoisotopic (exact) mass is 492 g/mol. The molecule has 1 amide bonds. The molecule has 1 N–H and O–H groups in total. The highest BCUT2D eigenvalue weighted by atomic mass is 35.5. The van der Waals surface area contributed by atoms with Gasteiger partial charge < -0.3 is 10.1 Å². The van der Waals surface area contributed by atoms with Gasteiger partial charge in [0.15, 0.2) is 11.0 Å². The topological polar surface area (TPSA) is 69.0 Å². The van der Waals surface area contributed by atoms with Gasteiger partial charge in [0.2, 0.25) is 5.91 Å². The van der Waals surface area contributed by atoms with Gasteiger partial charge in [-0.3, -0.25) is 9.36 Å². The zero-order valence-corrected chi connectivity index (χ0v) is 21.0. The Balaban J connectivity index is 1.98. The second kappa shape index (κ2) is 10.1. The molecule has 1 atom stereocenters. The van der Waals surface area contributed by atoms with Crippen LogP contribution in [0.2, 0.25) is 10.0 Å². The third-order valence-electron chi connectivity index (χ3n) is 4.73. The SMILES string of the molecule is COc1cccc(CSc2nnc(C(C)NC(=O)C(C)(C)C)n2-c2cc(Cl)ccc2Cl)c1. The molecule has 0 aliphatic heterocycles. The summed E-state index contributed by atoms with van der Waals surface area (Å²) in [6, 6.07) is 12.7. The minimum Gasteiger partial charge on any atom is -0.497 e. The van der Waals surface area contributed by atoms with Crippen molar-refractivity contribution in [2.75, 3.05) is 7.11 Å². The van der Waals surface area contributed by atoms with Crippen molar-refractivity contribution in [2.24, 2.45) is 5.41 Å². The summed E-state index contributed by atoms with van der Waals surface area (Å²) < 4.78 is 7.17. The molecule has 3 rings (SSSR count). The second-order valence-electron chi connectivity index (χ2n) is 8.36. The number of carbonyl (C=O) groups excluding carboxylic acids is 1. The lowest BCUT2D eigenvalue weighted by atomic mass is 9.95. The van der Waals surface area contributed by atoms with Gasteiger partial charge in [0.1, 0.15) is 5.75 Å². The highest BCUT2D eigenvalue weighted by Crippen LogP contribution is 2.33. The van der Waals surface area contributed by atoms with Gasteiger partial charge in [-0.1, -0.05) is 67.9 Å². The van der Waals surface area contributed by atoms with Crippen LogP contribution in [0.4, 0.5) is 0 Å². The predicted octanol–water partition coefficient (Wildman–Crippen LogP) is 6.10. The quantitative estimate of drug-likeness (QED) is 0.403. The van der Waals surface area contributed by atoms with E-state index in [2.05, 4.69) is 15.5 Å². The Morgan fingerprint density at radius 2 is 1.94 bits per heavy atom. The summed E-state index contributed by atoms with van der Waals surface area (Å²) in [5.41, 5.74) is 1.21. The molecule has 32 heavy (non-hydrogen) atoms. The average molecular weight is 493 g/mol. The summed E-state index contributed by atoms with van der Waals surface area (Å²) in [5.74, 6) is 1.93. The highest BCUT2D eigenvalue weighted by molar-refractivity contribution is 7.98. The molecule has 0 fully saturated rings. The van der Waals surface area contributed by atoms with Gasteiger partial charge in [-0.25, -0.2) is 0 Å². The lowest BCUT2D eigenvalue weighted by Crippen LogP contribution is -2.37. The van der Waals surface area contributed by atoms with Crippen LogP contribution in [0.5, 0.6) is 5.75 Å². The summed E-state index contributed by atoms with van der Waals surface area (Å²) in [6.45, 7) is 7.47. The molecule has 0 aliphatic rings. The van der Waals surface area contributed by atoms with Crippen molar-refractivity contribution in [3.63, 3.8) is 0 Å². The molecule has 0 saturated heterocycles. The molecule has 0 aliphatic carbocycles. The molecule has 6 nitrogen and oxygen atoms in total. The van der Waals surface area contributed by atoms with E-state index in [1.165, 1.54) is 11.8 Å². The van der Waals surface area contributed by atoms with Crippen LogP contribution in [-0.2, 0) is 10.5 Å². The standard InChI is InChI=1S/C23H26Cl2N4O2S/c1-14(26-21(30)23(2,3)4)20-27-28-22(29(20)19-12-16(24)9-10-18(19)25)32-13-15-7-6-8-17(11-15)31-5/h6-12,14H,13H2,1-5H3,(H,26,30). The van der Waals surface area contributed by atoms with E-state index < -0.39 is 11.5 Å². The number of hydrogen-bond acceptors (Lipinski definition) is 5. The van der Waals surface area contributed by atoms with Crippen LogP contribution in [0, 0.1) is 5.41 Å². The average Bonchev–Trinajstić information content (AvgIpc) is 3.17.